The van der Waals surface area contributed by atoms with Crippen LogP contribution in [0.4, 0.5) is 0 Å². The highest BCUT2D eigenvalue weighted by atomic mass is 16.5. The molecule has 0 radical (unpaired) electrons. The zero-order chi connectivity index (χ0) is 15.9. The summed E-state index contributed by atoms with van der Waals surface area (Å²) in [6.45, 7) is 2.08. The maximum Gasteiger partial charge on any atom is 0.330 e. The van der Waals surface area contributed by atoms with Gasteiger partial charge in [-0.1, -0.05) is 24.3 Å². The van der Waals surface area contributed by atoms with E-state index in [-0.39, 0.29) is 11.6 Å². The van der Waals surface area contributed by atoms with E-state index in [0.717, 1.165) is 11.1 Å². The molecule has 0 saturated heterocycles. The van der Waals surface area contributed by atoms with Crippen molar-refractivity contribution in [1.82, 2.24) is 0 Å². The molecule has 0 bridgehead atoms. The van der Waals surface area contributed by atoms with Gasteiger partial charge in [0.05, 0.1) is 6.61 Å². The van der Waals surface area contributed by atoms with E-state index in [2.05, 4.69) is 0 Å². The molecular weight excluding hydrogens is 280 g/mol. The Labute approximate surface area is 128 Å². The molecule has 0 saturated carbocycles. The van der Waals surface area contributed by atoms with E-state index in [0.29, 0.717) is 18.6 Å². The van der Waals surface area contributed by atoms with Gasteiger partial charge in [-0.25, -0.2) is 4.79 Å². The van der Waals surface area contributed by atoms with E-state index < -0.39 is 5.97 Å². The minimum absolute atomic E-state index is 0.146. The van der Waals surface area contributed by atoms with Crippen molar-refractivity contribution in [3.05, 3.63) is 65.3 Å². The first-order valence-electron chi connectivity index (χ1n) is 6.99. The van der Waals surface area contributed by atoms with Gasteiger partial charge in [0.25, 0.3) is 0 Å². The molecule has 0 unspecified atom stereocenters. The lowest BCUT2D eigenvalue weighted by Gasteiger charge is -2.07. The van der Waals surface area contributed by atoms with Gasteiger partial charge >= 0.3 is 5.97 Å². The Hall–Kier alpha value is -2.75. The standard InChI is InChI=1S/C18H16O4/c1-2-22-18(21)9-6-13-4-3-5-14(10-13)11-15-12-16(19)7-8-17(15)20/h3-10,12H,2,11H2,1H3. The molecule has 22 heavy (non-hydrogen) atoms. The van der Waals surface area contributed by atoms with Crippen molar-refractivity contribution >= 4 is 23.6 Å². The minimum Gasteiger partial charge on any atom is -0.463 e. The number of ether oxygens (including phenoxy) is 1. The fraction of sp³-hybridized carbons (Fsp3) is 0.167. The number of hydrogen-bond acceptors (Lipinski definition) is 4. The van der Waals surface area contributed by atoms with Crippen LogP contribution in [0.2, 0.25) is 0 Å². The van der Waals surface area contributed by atoms with E-state index in [1.807, 2.05) is 24.3 Å². The van der Waals surface area contributed by atoms with Crippen LogP contribution in [-0.2, 0) is 25.5 Å². The predicted octanol–water partition coefficient (Wildman–Crippen LogP) is 2.44. The SMILES string of the molecule is CCOC(=O)C=Cc1cccc(CC2=CC(=O)C=CC2=O)c1. The molecule has 0 fully saturated rings. The van der Waals surface area contributed by atoms with Crippen molar-refractivity contribution in [2.45, 2.75) is 13.3 Å². The molecule has 1 aliphatic rings. The van der Waals surface area contributed by atoms with Crippen LogP contribution in [0, 0.1) is 0 Å². The Kier molecular flexibility index (Phi) is 5.20. The van der Waals surface area contributed by atoms with Gasteiger partial charge in [-0.15, -0.1) is 0 Å². The molecular formula is C18H16O4. The molecule has 0 atom stereocenters. The lowest BCUT2D eigenvalue weighted by Crippen LogP contribution is -2.09. The third-order valence-corrected chi connectivity index (χ3v) is 3.08. The second kappa shape index (κ2) is 7.31. The van der Waals surface area contributed by atoms with E-state index in [1.54, 1.807) is 13.0 Å². The van der Waals surface area contributed by atoms with Crippen LogP contribution >= 0.6 is 0 Å². The van der Waals surface area contributed by atoms with Crippen LogP contribution in [0.1, 0.15) is 18.1 Å². The predicted molar refractivity (Wildman–Crippen MR) is 83.1 cm³/mol. The molecule has 0 amide bonds. The van der Waals surface area contributed by atoms with E-state index in [4.69, 9.17) is 4.74 Å². The molecule has 1 aromatic rings. The van der Waals surface area contributed by atoms with Gasteiger partial charge in [0.2, 0.25) is 0 Å². The summed E-state index contributed by atoms with van der Waals surface area (Å²) in [5.74, 6) is -0.714. The van der Waals surface area contributed by atoms with Gasteiger partial charge in [0.1, 0.15) is 0 Å². The molecule has 4 nitrogen and oxygen atoms in total. The number of carbonyl (C=O) groups excluding carboxylic acids is 3. The first kappa shape index (κ1) is 15.6. The number of ketones is 2. The fourth-order valence-corrected chi connectivity index (χ4v) is 2.08. The molecule has 1 aliphatic carbocycles. The molecule has 0 aromatic heterocycles. The lowest BCUT2D eigenvalue weighted by atomic mass is 9.96. The van der Waals surface area contributed by atoms with Gasteiger partial charge in [0, 0.05) is 18.1 Å². The first-order chi connectivity index (χ1) is 10.6. The highest BCUT2D eigenvalue weighted by Gasteiger charge is 2.13. The van der Waals surface area contributed by atoms with Crippen LogP contribution in [0.25, 0.3) is 6.08 Å². The number of carbonyl (C=O) groups is 3. The zero-order valence-corrected chi connectivity index (χ0v) is 12.2. The van der Waals surface area contributed by atoms with E-state index in [9.17, 15) is 14.4 Å². The molecule has 0 aliphatic heterocycles. The van der Waals surface area contributed by atoms with Gasteiger partial charge in [-0.2, -0.15) is 0 Å². The average Bonchev–Trinajstić information content (AvgIpc) is 2.50. The minimum atomic E-state index is -0.395. The zero-order valence-electron chi connectivity index (χ0n) is 12.2. The van der Waals surface area contributed by atoms with Crippen molar-refractivity contribution in [2.75, 3.05) is 6.61 Å². The largest absolute Gasteiger partial charge is 0.463 e. The van der Waals surface area contributed by atoms with Gasteiger partial charge in [0.15, 0.2) is 11.6 Å². The van der Waals surface area contributed by atoms with E-state index in [1.165, 1.54) is 24.3 Å². The number of hydrogen-bond donors (Lipinski definition) is 0. The Morgan fingerprint density at radius 3 is 2.82 bits per heavy atom. The fourth-order valence-electron chi connectivity index (χ4n) is 2.08. The maximum absolute atomic E-state index is 11.7. The summed E-state index contributed by atoms with van der Waals surface area (Å²) in [5.41, 5.74) is 2.20. The summed E-state index contributed by atoms with van der Waals surface area (Å²) in [5, 5.41) is 0. The summed E-state index contributed by atoms with van der Waals surface area (Å²) in [6.07, 6.45) is 7.33. The second-order valence-electron chi connectivity index (χ2n) is 4.78. The number of esters is 1. The van der Waals surface area contributed by atoms with Crippen LogP contribution in [0.3, 0.4) is 0 Å². The first-order valence-corrected chi connectivity index (χ1v) is 6.99. The lowest BCUT2D eigenvalue weighted by molar-refractivity contribution is -0.137. The summed E-state index contributed by atoms with van der Waals surface area (Å²) < 4.78 is 4.82. The van der Waals surface area contributed by atoms with Crippen molar-refractivity contribution in [1.29, 1.82) is 0 Å². The van der Waals surface area contributed by atoms with Crippen molar-refractivity contribution in [2.24, 2.45) is 0 Å². The Morgan fingerprint density at radius 1 is 1.23 bits per heavy atom. The molecule has 4 heteroatoms. The summed E-state index contributed by atoms with van der Waals surface area (Å²) in [4.78, 5) is 34.4. The van der Waals surface area contributed by atoms with Gasteiger partial charge < -0.3 is 4.74 Å². The number of rotatable bonds is 5. The van der Waals surface area contributed by atoms with E-state index >= 15 is 0 Å². The van der Waals surface area contributed by atoms with Crippen molar-refractivity contribution < 1.29 is 19.1 Å². The topological polar surface area (TPSA) is 60.4 Å². The summed E-state index contributed by atoms with van der Waals surface area (Å²) >= 11 is 0. The van der Waals surface area contributed by atoms with Gasteiger partial charge in [-0.05, 0) is 42.4 Å². The highest BCUT2D eigenvalue weighted by molar-refractivity contribution is 6.17. The normalized spacial score (nSPS) is 14.3. The third-order valence-electron chi connectivity index (χ3n) is 3.08. The van der Waals surface area contributed by atoms with Crippen LogP contribution in [-0.4, -0.2) is 24.1 Å². The molecule has 1 aromatic carbocycles. The Balaban J connectivity index is 2.10. The summed E-state index contributed by atoms with van der Waals surface area (Å²) in [7, 11) is 0. The number of benzene rings is 1. The molecule has 112 valence electrons. The third kappa shape index (κ3) is 4.38. The van der Waals surface area contributed by atoms with Gasteiger partial charge in [-0.3, -0.25) is 9.59 Å². The van der Waals surface area contributed by atoms with Crippen LogP contribution < -0.4 is 0 Å². The maximum atomic E-state index is 11.7. The van der Waals surface area contributed by atoms with Crippen LogP contribution in [0.5, 0.6) is 0 Å². The Bertz CT molecular complexity index is 693. The monoisotopic (exact) mass is 296 g/mol. The average molecular weight is 296 g/mol. The van der Waals surface area contributed by atoms with Crippen molar-refractivity contribution in [3.63, 3.8) is 0 Å². The van der Waals surface area contributed by atoms with Crippen molar-refractivity contribution in [3.8, 4) is 0 Å². The Morgan fingerprint density at radius 2 is 2.05 bits per heavy atom. The molecule has 0 N–H and O–H groups in total. The summed E-state index contributed by atoms with van der Waals surface area (Å²) in [6, 6.07) is 7.43. The molecule has 0 spiro atoms. The van der Waals surface area contributed by atoms with Crippen LogP contribution in [0.15, 0.2) is 54.1 Å². The molecule has 0 heterocycles. The molecule has 2 rings (SSSR count). The quantitative estimate of drug-likeness (QED) is 0.476. The smallest absolute Gasteiger partial charge is 0.330 e. The second-order valence-corrected chi connectivity index (χ2v) is 4.78. The highest BCUT2D eigenvalue weighted by Crippen LogP contribution is 2.15. The number of allylic oxidation sites excluding steroid dienone is 4.